The van der Waals surface area contributed by atoms with Gasteiger partial charge >= 0.3 is 0 Å². The van der Waals surface area contributed by atoms with Crippen LogP contribution in [0.1, 0.15) is 28.8 Å². The fourth-order valence-electron chi connectivity index (χ4n) is 3.40. The summed E-state index contributed by atoms with van der Waals surface area (Å²) in [5.41, 5.74) is 0.0985. The molecule has 7 nitrogen and oxygen atoms in total. The Morgan fingerprint density at radius 1 is 1.09 bits per heavy atom. The van der Waals surface area contributed by atoms with Crippen LogP contribution in [0, 0.1) is 11.3 Å². The summed E-state index contributed by atoms with van der Waals surface area (Å²) >= 11 is 12.4. The number of benzene rings is 2. The van der Waals surface area contributed by atoms with Gasteiger partial charge in [-0.15, -0.1) is 0 Å². The third-order valence-electron chi connectivity index (χ3n) is 5.41. The molecule has 0 radical (unpaired) electrons. The molecule has 1 atom stereocenters. The molecule has 0 saturated heterocycles. The molecule has 170 valence electrons. The van der Waals surface area contributed by atoms with Crippen molar-refractivity contribution in [2.75, 3.05) is 13.2 Å². The number of nitrogens with one attached hydrogen (secondary N) is 2. The molecule has 0 spiro atoms. The Bertz CT molecular complexity index is 1150. The first-order valence-electron chi connectivity index (χ1n) is 10.4. The Hall–Kier alpha value is -3.21. The molecule has 1 fully saturated rings. The molecule has 1 saturated carbocycles. The summed E-state index contributed by atoms with van der Waals surface area (Å²) in [7, 11) is 0. The highest BCUT2D eigenvalue weighted by Gasteiger charge is 2.45. The van der Waals surface area contributed by atoms with Crippen molar-refractivity contribution >= 4 is 35.0 Å². The highest BCUT2D eigenvalue weighted by Crippen LogP contribution is 2.34. The number of carbonyl (C=O) groups is 2. The molecule has 2 N–H and O–H groups in total. The number of rotatable bonds is 2. The Morgan fingerprint density at radius 3 is 2.48 bits per heavy atom. The van der Waals surface area contributed by atoms with Gasteiger partial charge in [-0.2, -0.15) is 5.26 Å². The fraction of sp³-hybridized carbons (Fsp3) is 0.292. The van der Waals surface area contributed by atoms with Crippen LogP contribution < -0.4 is 20.1 Å². The van der Waals surface area contributed by atoms with Crippen LogP contribution in [-0.4, -0.2) is 36.6 Å². The molecular weight excluding hydrogens is 465 g/mol. The van der Waals surface area contributed by atoms with Crippen LogP contribution in [0.4, 0.5) is 0 Å². The highest BCUT2D eigenvalue weighted by atomic mass is 35.5. The minimum atomic E-state index is -0.942. The van der Waals surface area contributed by atoms with Gasteiger partial charge in [-0.3, -0.25) is 9.59 Å². The first kappa shape index (κ1) is 23.0. The van der Waals surface area contributed by atoms with Gasteiger partial charge in [0, 0.05) is 11.4 Å². The predicted octanol–water partition coefficient (Wildman–Crippen LogP) is 3.83. The molecule has 1 aliphatic carbocycles. The molecule has 0 aromatic heterocycles. The first-order valence-corrected chi connectivity index (χ1v) is 11.2. The summed E-state index contributed by atoms with van der Waals surface area (Å²) in [6, 6.07) is 11.1. The van der Waals surface area contributed by atoms with E-state index >= 15 is 0 Å². The van der Waals surface area contributed by atoms with E-state index in [4.69, 9.17) is 32.7 Å². The molecule has 2 aromatic rings. The molecule has 9 heteroatoms. The van der Waals surface area contributed by atoms with E-state index < -0.39 is 23.4 Å². The zero-order chi connectivity index (χ0) is 23.4. The van der Waals surface area contributed by atoms with E-state index in [1.54, 1.807) is 48.6 Å². The van der Waals surface area contributed by atoms with Crippen LogP contribution in [0.3, 0.4) is 0 Å². The lowest BCUT2D eigenvalue weighted by atomic mass is 10.0. The number of carbonyl (C=O) groups excluding carboxylic acids is 2. The van der Waals surface area contributed by atoms with Crippen LogP contribution in [0.15, 0.2) is 48.6 Å². The highest BCUT2D eigenvalue weighted by molar-refractivity contribution is 6.32. The largest absolute Gasteiger partial charge is 0.489 e. The van der Waals surface area contributed by atoms with Gasteiger partial charge in [0.2, 0.25) is 5.91 Å². The fourth-order valence-corrected chi connectivity index (χ4v) is 3.82. The third-order valence-corrected chi connectivity index (χ3v) is 5.94. The summed E-state index contributed by atoms with van der Waals surface area (Å²) in [4.78, 5) is 26.2. The van der Waals surface area contributed by atoms with Gasteiger partial charge in [0.1, 0.15) is 36.3 Å². The number of nitrogens with zero attached hydrogens (tertiary/aromatic N) is 1. The maximum Gasteiger partial charge on any atom is 0.255 e. The minimum Gasteiger partial charge on any atom is -0.489 e. The Labute approximate surface area is 201 Å². The normalized spacial score (nSPS) is 20.3. The zero-order valence-electron chi connectivity index (χ0n) is 17.6. The van der Waals surface area contributed by atoms with E-state index in [-0.39, 0.29) is 25.2 Å². The molecular formula is C24H21Cl2N3O4. The monoisotopic (exact) mass is 485 g/mol. The smallest absolute Gasteiger partial charge is 0.255 e. The lowest BCUT2D eigenvalue weighted by Gasteiger charge is -2.21. The predicted molar refractivity (Wildman–Crippen MR) is 124 cm³/mol. The van der Waals surface area contributed by atoms with Crippen molar-refractivity contribution in [2.24, 2.45) is 0 Å². The third kappa shape index (κ3) is 5.59. The van der Waals surface area contributed by atoms with Gasteiger partial charge in [0.05, 0.1) is 16.7 Å². The van der Waals surface area contributed by atoms with E-state index in [0.29, 0.717) is 34.4 Å². The Kier molecular flexibility index (Phi) is 6.77. The van der Waals surface area contributed by atoms with Gasteiger partial charge in [-0.05, 0) is 60.9 Å². The lowest BCUT2D eigenvalue weighted by molar-refractivity contribution is -0.123. The van der Waals surface area contributed by atoms with Crippen molar-refractivity contribution < 1.29 is 19.1 Å². The van der Waals surface area contributed by atoms with E-state index in [1.807, 2.05) is 0 Å². The molecule has 2 heterocycles. The van der Waals surface area contributed by atoms with Crippen molar-refractivity contribution in [2.45, 2.75) is 30.8 Å². The second-order valence-electron chi connectivity index (χ2n) is 7.91. The molecule has 33 heavy (non-hydrogen) atoms. The van der Waals surface area contributed by atoms with Crippen molar-refractivity contribution in [1.29, 1.82) is 5.26 Å². The minimum absolute atomic E-state index is 0.169. The summed E-state index contributed by atoms with van der Waals surface area (Å²) in [5, 5.41) is 15.7. The maximum atomic E-state index is 13.2. The summed E-state index contributed by atoms with van der Waals surface area (Å²) in [6.45, 7) is 0.470. The van der Waals surface area contributed by atoms with Crippen LogP contribution in [0.25, 0.3) is 0 Å². The second-order valence-corrected chi connectivity index (χ2v) is 8.76. The molecule has 2 bridgehead atoms. The molecule has 0 unspecified atom stereocenters. The van der Waals surface area contributed by atoms with Gasteiger partial charge in [0.25, 0.3) is 5.91 Å². The quantitative estimate of drug-likeness (QED) is 0.629. The van der Waals surface area contributed by atoms with Crippen molar-refractivity contribution in [3.8, 4) is 17.6 Å². The summed E-state index contributed by atoms with van der Waals surface area (Å²) in [5.74, 6) is -0.148. The number of ether oxygens (including phenoxy) is 2. The standard InChI is InChI=1S/C24H21Cl2N3O4/c25-16-4-5-17-21(13-16)33-10-2-1-9-32-20-6-3-15(11-18(20)26)12-19(28-22(17)30)23(31)29-24(14-27)7-8-24/h1-6,11,13,19H,7-10,12H2,(H,28,30)(H,29,31)/b2-1+/t19-/m0/s1. The van der Waals surface area contributed by atoms with Gasteiger partial charge in [0.15, 0.2) is 0 Å². The average molecular weight is 486 g/mol. The second kappa shape index (κ2) is 9.74. The number of nitriles is 1. The van der Waals surface area contributed by atoms with E-state index in [2.05, 4.69) is 16.7 Å². The number of hydrogen-bond acceptors (Lipinski definition) is 5. The van der Waals surface area contributed by atoms with Gasteiger partial charge in [-0.25, -0.2) is 0 Å². The number of amides is 2. The molecule has 3 aliphatic rings. The van der Waals surface area contributed by atoms with Gasteiger partial charge in [-0.1, -0.05) is 29.3 Å². The first-order chi connectivity index (χ1) is 15.9. The average Bonchev–Trinajstić information content (AvgIpc) is 3.56. The summed E-state index contributed by atoms with van der Waals surface area (Å²) in [6.07, 6.45) is 4.86. The Balaban J connectivity index is 1.67. The number of hydrogen-bond donors (Lipinski definition) is 2. The van der Waals surface area contributed by atoms with E-state index in [9.17, 15) is 14.9 Å². The van der Waals surface area contributed by atoms with Gasteiger partial charge < -0.3 is 20.1 Å². The van der Waals surface area contributed by atoms with Crippen molar-refractivity contribution in [3.63, 3.8) is 0 Å². The van der Waals surface area contributed by atoms with E-state index in [1.165, 1.54) is 0 Å². The van der Waals surface area contributed by atoms with E-state index in [0.717, 1.165) is 5.56 Å². The zero-order valence-corrected chi connectivity index (χ0v) is 19.1. The van der Waals surface area contributed by atoms with Crippen LogP contribution in [0.5, 0.6) is 11.5 Å². The van der Waals surface area contributed by atoms with Crippen molar-refractivity contribution in [1.82, 2.24) is 10.6 Å². The Morgan fingerprint density at radius 2 is 1.82 bits per heavy atom. The SMILES string of the molecule is N#CC1(NC(=O)[C@@H]2Cc3ccc(c(Cl)c3)OC/C=C/COc3cc(Cl)ccc3C(=O)N2)CC1. The number of halogens is 2. The molecule has 5 rings (SSSR count). The summed E-state index contributed by atoms with van der Waals surface area (Å²) < 4.78 is 11.4. The molecule has 2 aliphatic heterocycles. The molecule has 2 aromatic carbocycles. The van der Waals surface area contributed by atoms with Crippen LogP contribution in [-0.2, 0) is 11.2 Å². The maximum absolute atomic E-state index is 13.2. The number of fused-ring (bicyclic) bond motifs is 9. The molecule has 2 amide bonds. The van der Waals surface area contributed by atoms with Crippen molar-refractivity contribution in [3.05, 3.63) is 69.7 Å². The topological polar surface area (TPSA) is 100 Å². The van der Waals surface area contributed by atoms with Crippen LogP contribution in [0.2, 0.25) is 10.0 Å². The lowest BCUT2D eigenvalue weighted by Crippen LogP contribution is -2.51. The van der Waals surface area contributed by atoms with Crippen LogP contribution >= 0.6 is 23.2 Å².